The van der Waals surface area contributed by atoms with Gasteiger partial charge in [-0.1, -0.05) is 6.08 Å². The van der Waals surface area contributed by atoms with Crippen LogP contribution in [0.1, 0.15) is 19.8 Å². The Kier molecular flexibility index (Phi) is 4.70. The number of rotatable bonds is 5. The van der Waals surface area contributed by atoms with E-state index in [2.05, 4.69) is 11.9 Å². The summed E-state index contributed by atoms with van der Waals surface area (Å²) in [4.78, 5) is 11.9. The first-order valence-corrected chi connectivity index (χ1v) is 7.51. The number of nitrogens with one attached hydrogen (secondary N) is 1. The van der Waals surface area contributed by atoms with Crippen LogP contribution in [0, 0.1) is 0 Å². The van der Waals surface area contributed by atoms with E-state index in [1.165, 1.54) is 0 Å². The monoisotopic (exact) mass is 261 g/mol. The molecule has 1 rings (SSSR count). The summed E-state index contributed by atoms with van der Waals surface area (Å²) in [5.41, 5.74) is -1.10. The number of carbonyl (C=O) groups is 1. The Bertz CT molecular complexity index is 390. The fourth-order valence-corrected chi connectivity index (χ4v) is 3.87. The zero-order valence-corrected chi connectivity index (χ0v) is 10.9. The van der Waals surface area contributed by atoms with Crippen molar-refractivity contribution in [3.8, 4) is 0 Å². The zero-order valence-electron chi connectivity index (χ0n) is 10.1. The Morgan fingerprint density at radius 3 is 2.82 bits per heavy atom. The topological polar surface area (TPSA) is 72.5 Å². The van der Waals surface area contributed by atoms with Crippen LogP contribution in [0.5, 0.6) is 0 Å². The quantitative estimate of drug-likeness (QED) is 0.568. The number of sulfone groups is 1. The summed E-state index contributed by atoms with van der Waals surface area (Å²) >= 11 is 0. The lowest BCUT2D eigenvalue weighted by atomic mass is 9.95. The summed E-state index contributed by atoms with van der Waals surface area (Å²) in [5, 5.41) is 2.95. The van der Waals surface area contributed by atoms with E-state index in [-0.39, 0.29) is 18.1 Å². The van der Waals surface area contributed by atoms with E-state index in [1.54, 1.807) is 13.0 Å². The number of carbonyl (C=O) groups excluding carboxylic acids is 1. The highest BCUT2D eigenvalue weighted by Crippen LogP contribution is 2.24. The Morgan fingerprint density at radius 2 is 2.29 bits per heavy atom. The maximum Gasteiger partial charge on any atom is 0.327 e. The van der Waals surface area contributed by atoms with Crippen molar-refractivity contribution in [1.82, 2.24) is 5.32 Å². The first-order valence-electron chi connectivity index (χ1n) is 5.69. The molecule has 6 heteroatoms. The number of hydrogen-bond acceptors (Lipinski definition) is 5. The van der Waals surface area contributed by atoms with Crippen LogP contribution < -0.4 is 5.32 Å². The first kappa shape index (κ1) is 14.2. The smallest absolute Gasteiger partial charge is 0.327 e. The van der Waals surface area contributed by atoms with E-state index in [0.29, 0.717) is 19.4 Å². The SMILES string of the molecule is C=CCNC1(C(=O)OCC)CCCS(=O)(=O)C1. The minimum Gasteiger partial charge on any atom is -0.465 e. The molecule has 1 N–H and O–H groups in total. The standard InChI is InChI=1S/C11H19NO4S/c1-3-7-12-11(10(13)16-4-2)6-5-8-17(14,15)9-11/h3,12H,1,4-9H2,2H3. The molecule has 0 amide bonds. The van der Waals surface area contributed by atoms with Gasteiger partial charge in [-0.2, -0.15) is 0 Å². The van der Waals surface area contributed by atoms with Gasteiger partial charge in [0.2, 0.25) is 0 Å². The van der Waals surface area contributed by atoms with Crippen molar-refractivity contribution in [3.05, 3.63) is 12.7 Å². The highest BCUT2D eigenvalue weighted by molar-refractivity contribution is 7.91. The van der Waals surface area contributed by atoms with Crippen molar-refractivity contribution in [2.75, 3.05) is 24.7 Å². The minimum atomic E-state index is -3.18. The van der Waals surface area contributed by atoms with Gasteiger partial charge in [-0.25, -0.2) is 8.42 Å². The first-order chi connectivity index (χ1) is 7.96. The van der Waals surface area contributed by atoms with Crippen molar-refractivity contribution >= 4 is 15.8 Å². The molecule has 17 heavy (non-hydrogen) atoms. The lowest BCUT2D eigenvalue weighted by molar-refractivity contribution is -0.150. The lowest BCUT2D eigenvalue weighted by Crippen LogP contribution is -2.59. The fraction of sp³-hybridized carbons (Fsp3) is 0.727. The maximum atomic E-state index is 11.9. The highest BCUT2D eigenvalue weighted by atomic mass is 32.2. The van der Waals surface area contributed by atoms with Crippen LogP contribution in [-0.2, 0) is 19.4 Å². The third-order valence-corrected chi connectivity index (χ3v) is 4.62. The van der Waals surface area contributed by atoms with Crippen LogP contribution in [0.3, 0.4) is 0 Å². The predicted octanol–water partition coefficient (Wildman–Crippen LogP) is 0.272. The highest BCUT2D eigenvalue weighted by Gasteiger charge is 2.45. The number of ether oxygens (including phenoxy) is 1. The van der Waals surface area contributed by atoms with Gasteiger partial charge in [0.1, 0.15) is 5.54 Å². The van der Waals surface area contributed by atoms with E-state index < -0.39 is 21.3 Å². The molecular formula is C11H19NO4S. The largest absolute Gasteiger partial charge is 0.465 e. The predicted molar refractivity (Wildman–Crippen MR) is 65.5 cm³/mol. The summed E-state index contributed by atoms with van der Waals surface area (Å²) in [6, 6.07) is 0. The number of hydrogen-bond donors (Lipinski definition) is 1. The van der Waals surface area contributed by atoms with Crippen molar-refractivity contribution in [2.24, 2.45) is 0 Å². The summed E-state index contributed by atoms with van der Waals surface area (Å²) in [6.45, 7) is 5.89. The molecular weight excluding hydrogens is 242 g/mol. The van der Waals surface area contributed by atoms with Crippen LogP contribution in [0.2, 0.25) is 0 Å². The second-order valence-electron chi connectivity index (χ2n) is 4.17. The average molecular weight is 261 g/mol. The molecule has 0 aromatic rings. The third kappa shape index (κ3) is 3.54. The molecule has 0 radical (unpaired) electrons. The molecule has 0 aromatic carbocycles. The second kappa shape index (κ2) is 5.64. The van der Waals surface area contributed by atoms with E-state index in [4.69, 9.17) is 4.74 Å². The molecule has 1 unspecified atom stereocenters. The van der Waals surface area contributed by atoms with Crippen molar-refractivity contribution in [3.63, 3.8) is 0 Å². The van der Waals surface area contributed by atoms with E-state index >= 15 is 0 Å². The van der Waals surface area contributed by atoms with Crippen molar-refractivity contribution < 1.29 is 17.9 Å². The van der Waals surface area contributed by atoms with Gasteiger partial charge < -0.3 is 4.74 Å². The van der Waals surface area contributed by atoms with Gasteiger partial charge in [0.05, 0.1) is 18.1 Å². The Morgan fingerprint density at radius 1 is 1.59 bits per heavy atom. The summed E-state index contributed by atoms with van der Waals surface area (Å²) in [7, 11) is -3.18. The van der Waals surface area contributed by atoms with Gasteiger partial charge in [-0.15, -0.1) is 6.58 Å². The van der Waals surface area contributed by atoms with Gasteiger partial charge in [-0.3, -0.25) is 10.1 Å². The Balaban J connectivity index is 2.92. The molecule has 0 bridgehead atoms. The molecule has 0 spiro atoms. The summed E-state index contributed by atoms with van der Waals surface area (Å²) in [6.07, 6.45) is 2.56. The van der Waals surface area contributed by atoms with Crippen LogP contribution in [0.25, 0.3) is 0 Å². The average Bonchev–Trinajstić information content (AvgIpc) is 2.25. The normalized spacial score (nSPS) is 27.4. The molecule has 5 nitrogen and oxygen atoms in total. The molecule has 0 aromatic heterocycles. The zero-order chi connectivity index (χ0) is 12.9. The lowest BCUT2D eigenvalue weighted by Gasteiger charge is -2.35. The molecule has 1 heterocycles. The van der Waals surface area contributed by atoms with E-state index in [9.17, 15) is 13.2 Å². The van der Waals surface area contributed by atoms with Crippen molar-refractivity contribution in [2.45, 2.75) is 25.3 Å². The fourth-order valence-electron chi connectivity index (χ4n) is 2.02. The van der Waals surface area contributed by atoms with E-state index in [1.807, 2.05) is 0 Å². The molecule has 1 aliphatic heterocycles. The minimum absolute atomic E-state index is 0.143. The van der Waals surface area contributed by atoms with E-state index in [0.717, 1.165) is 0 Å². The third-order valence-electron chi connectivity index (χ3n) is 2.78. The second-order valence-corrected chi connectivity index (χ2v) is 6.35. The van der Waals surface area contributed by atoms with Gasteiger partial charge in [-0.05, 0) is 19.8 Å². The van der Waals surface area contributed by atoms with Crippen LogP contribution in [0.15, 0.2) is 12.7 Å². The Hall–Kier alpha value is -0.880. The number of esters is 1. The van der Waals surface area contributed by atoms with Crippen LogP contribution in [-0.4, -0.2) is 44.6 Å². The van der Waals surface area contributed by atoms with Gasteiger partial charge in [0, 0.05) is 6.54 Å². The molecule has 1 fully saturated rings. The molecule has 1 atom stereocenters. The maximum absolute atomic E-state index is 11.9. The van der Waals surface area contributed by atoms with Gasteiger partial charge in [0.15, 0.2) is 9.84 Å². The summed E-state index contributed by atoms with van der Waals surface area (Å²) in [5.74, 6) is -0.526. The molecule has 1 saturated heterocycles. The van der Waals surface area contributed by atoms with Crippen molar-refractivity contribution in [1.29, 1.82) is 0 Å². The van der Waals surface area contributed by atoms with Gasteiger partial charge in [0.25, 0.3) is 0 Å². The molecule has 0 saturated carbocycles. The molecule has 0 aliphatic carbocycles. The molecule has 1 aliphatic rings. The van der Waals surface area contributed by atoms with Crippen LogP contribution in [0.4, 0.5) is 0 Å². The Labute approximate surface area is 102 Å². The van der Waals surface area contributed by atoms with Crippen LogP contribution >= 0.6 is 0 Å². The van der Waals surface area contributed by atoms with Gasteiger partial charge >= 0.3 is 5.97 Å². The molecule has 98 valence electrons. The summed E-state index contributed by atoms with van der Waals surface area (Å²) < 4.78 is 28.3.